The van der Waals surface area contributed by atoms with Crippen LogP contribution in [0.1, 0.15) is 5.56 Å². The van der Waals surface area contributed by atoms with Crippen LogP contribution in [-0.2, 0) is 6.42 Å². The van der Waals surface area contributed by atoms with Crippen molar-refractivity contribution in [2.24, 2.45) is 5.92 Å². The Hall–Kier alpha value is -1.61. The Bertz CT molecular complexity index is 423. The molecule has 0 bridgehead atoms. The van der Waals surface area contributed by atoms with Gasteiger partial charge in [-0.2, -0.15) is 18.4 Å². The van der Waals surface area contributed by atoms with E-state index >= 15 is 0 Å². The van der Waals surface area contributed by atoms with Crippen molar-refractivity contribution in [3.63, 3.8) is 0 Å². The van der Waals surface area contributed by atoms with Crippen molar-refractivity contribution in [1.29, 1.82) is 5.26 Å². The van der Waals surface area contributed by atoms with Crippen molar-refractivity contribution in [2.75, 3.05) is 13.1 Å². The van der Waals surface area contributed by atoms with Crippen LogP contribution in [0.25, 0.3) is 0 Å². The van der Waals surface area contributed by atoms with Gasteiger partial charge < -0.3 is 5.32 Å². The largest absolute Gasteiger partial charge is 0.405 e. The molecule has 0 aliphatic carbocycles. The van der Waals surface area contributed by atoms with Gasteiger partial charge in [-0.05, 0) is 30.7 Å². The number of rotatable bonds is 5. The summed E-state index contributed by atoms with van der Waals surface area (Å²) in [4.78, 5) is 0. The molecule has 0 radical (unpaired) electrons. The van der Waals surface area contributed by atoms with Crippen LogP contribution in [0, 0.1) is 23.1 Å². The molecule has 1 aromatic carbocycles. The summed E-state index contributed by atoms with van der Waals surface area (Å²) in [6.45, 7) is -0.187. The lowest BCUT2D eigenvalue weighted by molar-refractivity contribution is -0.157. The molecular weight excluding hydrogens is 248 g/mol. The monoisotopic (exact) mass is 260 g/mol. The van der Waals surface area contributed by atoms with E-state index < -0.39 is 18.6 Å². The third kappa shape index (κ3) is 4.72. The van der Waals surface area contributed by atoms with E-state index in [1.165, 1.54) is 18.2 Å². The Morgan fingerprint density at radius 2 is 2.06 bits per heavy atom. The summed E-state index contributed by atoms with van der Waals surface area (Å²) in [7, 11) is 0. The van der Waals surface area contributed by atoms with Crippen LogP contribution in [0.15, 0.2) is 24.3 Å². The topological polar surface area (TPSA) is 35.8 Å². The highest BCUT2D eigenvalue weighted by Gasteiger charge is 2.39. The Morgan fingerprint density at radius 3 is 2.61 bits per heavy atom. The zero-order chi connectivity index (χ0) is 13.6. The molecule has 0 aromatic heterocycles. The SMILES string of the molecule is N#CC(CNCCc1cccc(F)c1)C(F)(F)F. The van der Waals surface area contributed by atoms with Gasteiger partial charge in [0.05, 0.1) is 6.07 Å². The summed E-state index contributed by atoms with van der Waals surface area (Å²) < 4.78 is 49.4. The lowest BCUT2D eigenvalue weighted by Crippen LogP contribution is -2.33. The first-order valence-electron chi connectivity index (χ1n) is 5.35. The number of hydrogen-bond acceptors (Lipinski definition) is 2. The lowest BCUT2D eigenvalue weighted by Gasteiger charge is -2.13. The summed E-state index contributed by atoms with van der Waals surface area (Å²) in [5.41, 5.74) is 0.697. The van der Waals surface area contributed by atoms with E-state index in [-0.39, 0.29) is 12.4 Å². The van der Waals surface area contributed by atoms with Crippen LogP contribution in [0.4, 0.5) is 17.6 Å². The van der Waals surface area contributed by atoms with Crippen molar-refractivity contribution in [1.82, 2.24) is 5.32 Å². The van der Waals surface area contributed by atoms with Gasteiger partial charge in [0.25, 0.3) is 0 Å². The number of hydrogen-bond donors (Lipinski definition) is 1. The highest BCUT2D eigenvalue weighted by atomic mass is 19.4. The zero-order valence-corrected chi connectivity index (χ0v) is 9.47. The smallest absolute Gasteiger partial charge is 0.315 e. The minimum Gasteiger partial charge on any atom is -0.315 e. The second-order valence-corrected chi connectivity index (χ2v) is 3.81. The summed E-state index contributed by atoms with van der Waals surface area (Å²) in [5, 5.41) is 10.9. The van der Waals surface area contributed by atoms with Crippen LogP contribution < -0.4 is 5.32 Å². The Morgan fingerprint density at radius 1 is 1.33 bits per heavy atom. The van der Waals surface area contributed by atoms with E-state index in [0.29, 0.717) is 12.0 Å². The van der Waals surface area contributed by atoms with Gasteiger partial charge in [0, 0.05) is 6.54 Å². The van der Waals surface area contributed by atoms with Gasteiger partial charge in [-0.3, -0.25) is 0 Å². The lowest BCUT2D eigenvalue weighted by atomic mass is 10.1. The molecule has 0 aliphatic rings. The van der Waals surface area contributed by atoms with E-state index in [0.717, 1.165) is 0 Å². The van der Waals surface area contributed by atoms with E-state index in [9.17, 15) is 17.6 Å². The zero-order valence-electron chi connectivity index (χ0n) is 9.47. The third-order valence-electron chi connectivity index (χ3n) is 2.38. The highest BCUT2D eigenvalue weighted by molar-refractivity contribution is 5.16. The predicted octanol–water partition coefficient (Wildman–Crippen LogP) is 2.66. The predicted molar refractivity (Wildman–Crippen MR) is 58.1 cm³/mol. The van der Waals surface area contributed by atoms with E-state index in [2.05, 4.69) is 5.32 Å². The van der Waals surface area contributed by atoms with Crippen LogP contribution in [0.5, 0.6) is 0 Å². The van der Waals surface area contributed by atoms with Crippen molar-refractivity contribution in [3.8, 4) is 6.07 Å². The fourth-order valence-corrected chi connectivity index (χ4v) is 1.41. The minimum absolute atomic E-state index is 0.262. The molecule has 1 rings (SSSR count). The average molecular weight is 260 g/mol. The standard InChI is InChI=1S/C12H12F4N2/c13-11-3-1-2-9(6-11)4-5-18-8-10(7-17)12(14,15)16/h1-3,6,10,18H,4-5,8H2. The van der Waals surface area contributed by atoms with E-state index in [1.54, 1.807) is 12.1 Å². The van der Waals surface area contributed by atoms with Crippen molar-refractivity contribution < 1.29 is 17.6 Å². The van der Waals surface area contributed by atoms with Crippen LogP contribution >= 0.6 is 0 Å². The third-order valence-corrected chi connectivity index (χ3v) is 2.38. The molecule has 98 valence electrons. The molecule has 0 saturated heterocycles. The molecule has 0 spiro atoms. The maximum atomic E-state index is 12.8. The molecule has 0 aliphatic heterocycles. The van der Waals surface area contributed by atoms with Gasteiger partial charge in [-0.15, -0.1) is 0 Å². The average Bonchev–Trinajstić information content (AvgIpc) is 2.27. The molecule has 6 heteroatoms. The van der Waals surface area contributed by atoms with Gasteiger partial charge in [-0.1, -0.05) is 12.1 Å². The number of nitrogens with zero attached hydrogens (tertiary/aromatic N) is 1. The van der Waals surface area contributed by atoms with Gasteiger partial charge in [-0.25, -0.2) is 4.39 Å². The first-order chi connectivity index (χ1) is 8.43. The normalized spacial score (nSPS) is 13.1. The number of benzene rings is 1. The van der Waals surface area contributed by atoms with Crippen LogP contribution in [-0.4, -0.2) is 19.3 Å². The number of alkyl halides is 3. The Kier molecular flexibility index (Phi) is 5.10. The number of nitrogens with one attached hydrogen (secondary N) is 1. The van der Waals surface area contributed by atoms with Gasteiger partial charge >= 0.3 is 6.18 Å². The van der Waals surface area contributed by atoms with Gasteiger partial charge in [0.2, 0.25) is 0 Å². The molecule has 0 fully saturated rings. The van der Waals surface area contributed by atoms with E-state index in [4.69, 9.17) is 5.26 Å². The van der Waals surface area contributed by atoms with E-state index in [1.807, 2.05) is 0 Å². The number of halogens is 4. The summed E-state index contributed by atoms with van der Waals surface area (Å²) in [6, 6.07) is 7.06. The first kappa shape index (κ1) is 14.5. The fourth-order valence-electron chi connectivity index (χ4n) is 1.41. The molecule has 0 heterocycles. The van der Waals surface area contributed by atoms with Crippen molar-refractivity contribution >= 4 is 0 Å². The molecular formula is C12H12F4N2. The fraction of sp³-hybridized carbons (Fsp3) is 0.417. The molecule has 0 amide bonds. The highest BCUT2D eigenvalue weighted by Crippen LogP contribution is 2.24. The summed E-state index contributed by atoms with van der Waals surface area (Å²) in [6.07, 6.45) is -4.10. The maximum absolute atomic E-state index is 12.8. The van der Waals surface area contributed by atoms with Crippen molar-refractivity contribution in [3.05, 3.63) is 35.6 Å². The number of nitriles is 1. The quantitative estimate of drug-likeness (QED) is 0.652. The molecule has 1 N–H and O–H groups in total. The summed E-state index contributed by atoms with van der Waals surface area (Å²) in [5.74, 6) is -2.39. The summed E-state index contributed by atoms with van der Waals surface area (Å²) >= 11 is 0. The molecule has 18 heavy (non-hydrogen) atoms. The second kappa shape index (κ2) is 6.36. The molecule has 2 nitrogen and oxygen atoms in total. The molecule has 1 atom stereocenters. The van der Waals surface area contributed by atoms with Gasteiger partial charge in [0.15, 0.2) is 5.92 Å². The first-order valence-corrected chi connectivity index (χ1v) is 5.35. The van der Waals surface area contributed by atoms with Crippen LogP contribution in [0.2, 0.25) is 0 Å². The van der Waals surface area contributed by atoms with Gasteiger partial charge in [0.1, 0.15) is 5.82 Å². The Labute approximate surface area is 102 Å². The minimum atomic E-state index is -4.51. The molecule has 0 saturated carbocycles. The van der Waals surface area contributed by atoms with Crippen molar-refractivity contribution in [2.45, 2.75) is 12.6 Å². The second-order valence-electron chi connectivity index (χ2n) is 3.81. The Balaban J connectivity index is 2.33. The maximum Gasteiger partial charge on any atom is 0.405 e. The molecule has 1 aromatic rings. The van der Waals surface area contributed by atoms with Crippen LogP contribution in [0.3, 0.4) is 0 Å². The molecule has 1 unspecified atom stereocenters.